The van der Waals surface area contributed by atoms with Gasteiger partial charge in [-0.1, -0.05) is 18.2 Å². The molecule has 2 aromatic carbocycles. The summed E-state index contributed by atoms with van der Waals surface area (Å²) in [5.41, 5.74) is 2.84. The van der Waals surface area contributed by atoms with E-state index in [9.17, 15) is 4.79 Å². The number of thioether (sulfide) groups is 1. The predicted molar refractivity (Wildman–Crippen MR) is 122 cm³/mol. The van der Waals surface area contributed by atoms with Crippen LogP contribution in [0.4, 0.5) is 0 Å². The van der Waals surface area contributed by atoms with Crippen LogP contribution in [0.2, 0.25) is 0 Å². The number of hydrogen-bond donors (Lipinski definition) is 1. The van der Waals surface area contributed by atoms with Gasteiger partial charge in [0.1, 0.15) is 12.4 Å². The zero-order valence-electron chi connectivity index (χ0n) is 18.1. The van der Waals surface area contributed by atoms with Crippen LogP contribution in [0.15, 0.2) is 42.5 Å². The van der Waals surface area contributed by atoms with Gasteiger partial charge in [-0.15, -0.1) is 0 Å². The van der Waals surface area contributed by atoms with Crippen LogP contribution in [0.1, 0.15) is 38.2 Å². The molecule has 1 unspecified atom stereocenters. The number of nitrogens with zero attached hydrogens (tertiary/aromatic N) is 2. The molecule has 0 spiro atoms. The number of fused-ring (bicyclic) bond motifs is 1. The molecule has 0 saturated carbocycles. The Morgan fingerprint density at radius 2 is 1.93 bits per heavy atom. The van der Waals surface area contributed by atoms with Crippen molar-refractivity contribution in [3.8, 4) is 11.5 Å². The lowest BCUT2D eigenvalue weighted by atomic mass is 10.1. The van der Waals surface area contributed by atoms with Crippen molar-refractivity contribution in [3.05, 3.63) is 53.9 Å². The Morgan fingerprint density at radius 3 is 2.63 bits per heavy atom. The van der Waals surface area contributed by atoms with Gasteiger partial charge in [0, 0.05) is 0 Å². The standard InChI is InChI=1S/C23H29N3O3S/c1-15(2)29-20-11-10-17(12-21(20)28-4)16(3)24-23(27)13-26-19-9-7-6-8-18(19)25-22(26)14-30-5/h6-12,15-16H,13-14H2,1-5H3,(H,24,27). The summed E-state index contributed by atoms with van der Waals surface area (Å²) in [6, 6.07) is 13.5. The maximum Gasteiger partial charge on any atom is 0.240 e. The summed E-state index contributed by atoms with van der Waals surface area (Å²) in [5, 5.41) is 3.09. The van der Waals surface area contributed by atoms with Crippen molar-refractivity contribution in [2.45, 2.75) is 45.2 Å². The Kier molecular flexibility index (Phi) is 7.26. The quantitative estimate of drug-likeness (QED) is 0.542. The fraction of sp³-hybridized carbons (Fsp3) is 0.391. The van der Waals surface area contributed by atoms with Gasteiger partial charge in [-0.3, -0.25) is 4.79 Å². The molecule has 3 aromatic rings. The molecule has 0 bridgehead atoms. The molecule has 0 fully saturated rings. The summed E-state index contributed by atoms with van der Waals surface area (Å²) >= 11 is 1.69. The summed E-state index contributed by atoms with van der Waals surface area (Å²) in [5.74, 6) is 2.95. The maximum absolute atomic E-state index is 12.8. The molecule has 7 heteroatoms. The summed E-state index contributed by atoms with van der Waals surface area (Å²) in [6.07, 6.45) is 2.09. The Morgan fingerprint density at radius 1 is 1.17 bits per heavy atom. The van der Waals surface area contributed by atoms with Gasteiger partial charge in [-0.05, 0) is 56.9 Å². The first kappa shape index (κ1) is 22.0. The predicted octanol–water partition coefficient (Wildman–Crippen LogP) is 4.57. The van der Waals surface area contributed by atoms with Crippen LogP contribution in [0.25, 0.3) is 11.0 Å². The molecule has 0 saturated heterocycles. The Balaban J connectivity index is 1.75. The summed E-state index contributed by atoms with van der Waals surface area (Å²) in [4.78, 5) is 17.5. The average molecular weight is 428 g/mol. The van der Waals surface area contributed by atoms with Gasteiger partial charge in [-0.25, -0.2) is 4.98 Å². The molecule has 160 valence electrons. The highest BCUT2D eigenvalue weighted by molar-refractivity contribution is 7.97. The Hall–Kier alpha value is -2.67. The lowest BCUT2D eigenvalue weighted by Gasteiger charge is -2.19. The zero-order valence-corrected chi connectivity index (χ0v) is 19.0. The third-order valence-corrected chi connectivity index (χ3v) is 5.28. The number of hydrogen-bond acceptors (Lipinski definition) is 5. The molecule has 0 aliphatic rings. The lowest BCUT2D eigenvalue weighted by molar-refractivity contribution is -0.122. The molecule has 1 amide bonds. The maximum atomic E-state index is 12.8. The second-order valence-corrected chi connectivity index (χ2v) is 8.27. The van der Waals surface area contributed by atoms with E-state index in [1.807, 2.05) is 74.1 Å². The number of aromatic nitrogens is 2. The number of amides is 1. The van der Waals surface area contributed by atoms with Crippen LogP contribution in [0, 0.1) is 0 Å². The van der Waals surface area contributed by atoms with Gasteiger partial charge in [0.2, 0.25) is 5.91 Å². The Bertz CT molecular complexity index is 1020. The second kappa shape index (κ2) is 9.89. The van der Waals surface area contributed by atoms with E-state index in [0.29, 0.717) is 11.5 Å². The number of imidazole rings is 1. The van der Waals surface area contributed by atoms with Crippen LogP contribution in [-0.4, -0.2) is 34.9 Å². The van der Waals surface area contributed by atoms with Gasteiger partial charge in [-0.2, -0.15) is 11.8 Å². The molecule has 1 N–H and O–H groups in total. The van der Waals surface area contributed by atoms with Crippen molar-refractivity contribution >= 4 is 28.7 Å². The van der Waals surface area contributed by atoms with E-state index in [1.54, 1.807) is 18.9 Å². The molecule has 1 atom stereocenters. The molecular weight excluding hydrogens is 398 g/mol. The summed E-state index contributed by atoms with van der Waals surface area (Å²) in [7, 11) is 1.62. The fourth-order valence-electron chi connectivity index (χ4n) is 3.36. The molecule has 3 rings (SSSR count). The number of methoxy groups -OCH3 is 1. The highest BCUT2D eigenvalue weighted by Gasteiger charge is 2.17. The van der Waals surface area contributed by atoms with E-state index >= 15 is 0 Å². The van der Waals surface area contributed by atoms with Crippen molar-refractivity contribution in [1.82, 2.24) is 14.9 Å². The van der Waals surface area contributed by atoms with E-state index < -0.39 is 0 Å². The SMILES string of the molecule is COc1cc(C(C)NC(=O)Cn2c(CSC)nc3ccccc32)ccc1OC(C)C. The van der Waals surface area contributed by atoms with Crippen LogP contribution in [0.5, 0.6) is 11.5 Å². The number of benzene rings is 2. The van der Waals surface area contributed by atoms with Crippen LogP contribution >= 0.6 is 11.8 Å². The minimum Gasteiger partial charge on any atom is -0.493 e. The Labute approximate surface area is 182 Å². The number of nitrogens with one attached hydrogen (secondary N) is 1. The molecule has 30 heavy (non-hydrogen) atoms. The topological polar surface area (TPSA) is 65.4 Å². The first-order valence-corrected chi connectivity index (χ1v) is 11.4. The van der Waals surface area contributed by atoms with Crippen molar-refractivity contribution in [2.24, 2.45) is 0 Å². The molecule has 1 heterocycles. The molecular formula is C23H29N3O3S. The molecule has 0 aliphatic carbocycles. The zero-order chi connectivity index (χ0) is 21.7. The molecule has 1 aromatic heterocycles. The van der Waals surface area contributed by atoms with Gasteiger partial charge in [0.25, 0.3) is 0 Å². The number of carbonyl (C=O) groups is 1. The van der Waals surface area contributed by atoms with E-state index in [-0.39, 0.29) is 24.6 Å². The van der Waals surface area contributed by atoms with Crippen molar-refractivity contribution < 1.29 is 14.3 Å². The van der Waals surface area contributed by atoms with E-state index in [0.717, 1.165) is 28.2 Å². The van der Waals surface area contributed by atoms with Gasteiger partial charge < -0.3 is 19.4 Å². The van der Waals surface area contributed by atoms with Gasteiger partial charge >= 0.3 is 0 Å². The van der Waals surface area contributed by atoms with Crippen LogP contribution in [-0.2, 0) is 17.1 Å². The summed E-state index contributed by atoms with van der Waals surface area (Å²) < 4.78 is 13.2. The minimum atomic E-state index is -0.168. The number of carbonyl (C=O) groups excluding carboxylic acids is 1. The van der Waals surface area contributed by atoms with Crippen molar-refractivity contribution in [2.75, 3.05) is 13.4 Å². The molecule has 0 radical (unpaired) electrons. The third kappa shape index (κ3) is 5.08. The first-order chi connectivity index (χ1) is 14.4. The highest BCUT2D eigenvalue weighted by atomic mass is 32.2. The lowest BCUT2D eigenvalue weighted by Crippen LogP contribution is -2.30. The number of para-hydroxylation sites is 2. The second-order valence-electron chi connectivity index (χ2n) is 7.40. The van der Waals surface area contributed by atoms with Gasteiger partial charge in [0.05, 0.1) is 36.0 Å². The monoisotopic (exact) mass is 427 g/mol. The average Bonchev–Trinajstić information content (AvgIpc) is 3.05. The van der Waals surface area contributed by atoms with Crippen molar-refractivity contribution in [3.63, 3.8) is 0 Å². The normalized spacial score (nSPS) is 12.2. The van der Waals surface area contributed by atoms with Crippen molar-refractivity contribution in [1.29, 1.82) is 0 Å². The van der Waals surface area contributed by atoms with E-state index in [4.69, 9.17) is 9.47 Å². The summed E-state index contributed by atoms with van der Waals surface area (Å²) in [6.45, 7) is 6.14. The third-order valence-electron chi connectivity index (χ3n) is 4.74. The first-order valence-electron chi connectivity index (χ1n) is 10.00. The number of ether oxygens (including phenoxy) is 2. The molecule has 6 nitrogen and oxygen atoms in total. The smallest absolute Gasteiger partial charge is 0.240 e. The van der Waals surface area contributed by atoms with Gasteiger partial charge in [0.15, 0.2) is 11.5 Å². The minimum absolute atomic E-state index is 0.0577. The van der Waals surface area contributed by atoms with E-state index in [2.05, 4.69) is 10.3 Å². The van der Waals surface area contributed by atoms with E-state index in [1.165, 1.54) is 0 Å². The fourth-order valence-corrected chi connectivity index (χ4v) is 3.84. The molecule has 0 aliphatic heterocycles. The number of rotatable bonds is 9. The largest absolute Gasteiger partial charge is 0.493 e. The van der Waals surface area contributed by atoms with Crippen LogP contribution in [0.3, 0.4) is 0 Å². The van der Waals surface area contributed by atoms with Crippen LogP contribution < -0.4 is 14.8 Å². The highest BCUT2D eigenvalue weighted by Crippen LogP contribution is 2.31.